The minimum Gasteiger partial charge on any atom is -0.508 e. The lowest BCUT2D eigenvalue weighted by molar-refractivity contribution is -0.284. The Labute approximate surface area is 240 Å². The van der Waals surface area contributed by atoms with Gasteiger partial charge < -0.3 is 9.84 Å². The summed E-state index contributed by atoms with van der Waals surface area (Å²) in [4.78, 5) is 0. The highest BCUT2D eigenvalue weighted by atomic mass is 32.2. The summed E-state index contributed by atoms with van der Waals surface area (Å²) in [5, 5.41) is 9.83. The van der Waals surface area contributed by atoms with E-state index in [1.165, 1.54) is 0 Å². The fraction of sp³-hybridized carbons (Fsp3) is 0.375. The van der Waals surface area contributed by atoms with Crippen LogP contribution in [-0.4, -0.2) is 32.6 Å². The van der Waals surface area contributed by atoms with Crippen LogP contribution in [0.1, 0.15) is 68.6 Å². The van der Waals surface area contributed by atoms with E-state index in [0.717, 1.165) is 28.7 Å². The van der Waals surface area contributed by atoms with E-state index < -0.39 is 41.2 Å². The van der Waals surface area contributed by atoms with Gasteiger partial charge in [-0.1, -0.05) is 74.0 Å². The monoisotopic (exact) mass is 594 g/mol. The molecular weight excluding hydrogens is 559 g/mol. The number of ether oxygens (including phenoxy) is 1. The van der Waals surface area contributed by atoms with Crippen LogP contribution in [0, 0.1) is 0 Å². The Hall–Kier alpha value is -3.20. The molecule has 0 spiro atoms. The number of halogens is 5. The number of unbranched alkanes of at least 4 members (excludes halogenated alkanes) is 1. The molecule has 0 aliphatic heterocycles. The molecule has 3 aromatic rings. The Morgan fingerprint density at radius 2 is 1.49 bits per heavy atom. The number of allylic oxidation sites excluding steroid dienone is 2. The lowest BCUT2D eigenvalue weighted by Gasteiger charge is -2.24. The molecule has 0 fully saturated rings. The number of phenols is 1. The molecule has 3 aromatic carbocycles. The molecule has 9 heteroatoms. The predicted octanol–water partition coefficient (Wildman–Crippen LogP) is 9.25. The van der Waals surface area contributed by atoms with Crippen molar-refractivity contribution in [2.24, 2.45) is 0 Å². The maximum absolute atomic E-state index is 13.3. The first-order valence-electron chi connectivity index (χ1n) is 13.6. The normalized spacial score (nSPS) is 14.9. The summed E-state index contributed by atoms with van der Waals surface area (Å²) in [6.45, 7) is 3.90. The van der Waals surface area contributed by atoms with Crippen LogP contribution in [0.2, 0.25) is 0 Å². The molecule has 3 unspecified atom stereocenters. The number of aromatic hydroxyl groups is 1. The number of hydrogen-bond donors (Lipinski definition) is 1. The summed E-state index contributed by atoms with van der Waals surface area (Å²) in [6, 6.07) is 24.2. The van der Waals surface area contributed by atoms with Gasteiger partial charge in [-0.05, 0) is 72.7 Å². The summed E-state index contributed by atoms with van der Waals surface area (Å²) in [6.07, 6.45) is -3.70. The number of benzene rings is 3. The Morgan fingerprint density at radius 1 is 0.902 bits per heavy atom. The first-order chi connectivity index (χ1) is 19.5. The maximum Gasteiger partial charge on any atom is 0.453 e. The van der Waals surface area contributed by atoms with Gasteiger partial charge in [0, 0.05) is 18.1 Å². The number of rotatable bonds is 14. The smallest absolute Gasteiger partial charge is 0.453 e. The molecule has 0 aliphatic rings. The number of hydrogen-bond acceptors (Lipinski definition) is 3. The van der Waals surface area contributed by atoms with Gasteiger partial charge in [0.05, 0.1) is 10.8 Å². The zero-order valence-electron chi connectivity index (χ0n) is 23.0. The molecule has 3 nitrogen and oxygen atoms in total. The Morgan fingerprint density at radius 3 is 2.02 bits per heavy atom. The highest BCUT2D eigenvalue weighted by Gasteiger charge is 2.56. The minimum atomic E-state index is -5.63. The van der Waals surface area contributed by atoms with E-state index in [0.29, 0.717) is 18.6 Å². The molecule has 0 saturated carbocycles. The molecule has 0 radical (unpaired) electrons. The van der Waals surface area contributed by atoms with Crippen molar-refractivity contribution >= 4 is 16.4 Å². The molecule has 3 atom stereocenters. The third-order valence-electron chi connectivity index (χ3n) is 6.77. The van der Waals surface area contributed by atoms with Gasteiger partial charge in [-0.3, -0.25) is 4.21 Å². The van der Waals surface area contributed by atoms with Crippen molar-refractivity contribution in [2.45, 2.75) is 69.4 Å². The van der Waals surface area contributed by atoms with Crippen molar-refractivity contribution in [1.29, 1.82) is 0 Å². The van der Waals surface area contributed by atoms with E-state index in [1.807, 2.05) is 74.5 Å². The molecular formula is C32H35F5O3S. The van der Waals surface area contributed by atoms with Crippen molar-refractivity contribution in [3.8, 4) is 11.5 Å². The van der Waals surface area contributed by atoms with E-state index in [9.17, 15) is 31.3 Å². The lowest BCUT2D eigenvalue weighted by Crippen LogP contribution is -2.36. The van der Waals surface area contributed by atoms with E-state index >= 15 is 0 Å². The quantitative estimate of drug-likeness (QED) is 0.189. The number of alkyl halides is 5. The third kappa shape index (κ3) is 8.89. The summed E-state index contributed by atoms with van der Waals surface area (Å²) < 4.78 is 83.0. The molecule has 0 aromatic heterocycles. The van der Waals surface area contributed by atoms with E-state index in [4.69, 9.17) is 4.74 Å². The summed E-state index contributed by atoms with van der Waals surface area (Å²) in [5.74, 6) is -4.71. The van der Waals surface area contributed by atoms with E-state index in [1.54, 1.807) is 24.3 Å². The van der Waals surface area contributed by atoms with Gasteiger partial charge in [0.25, 0.3) is 0 Å². The van der Waals surface area contributed by atoms with Crippen LogP contribution in [0.4, 0.5) is 22.0 Å². The Balaban J connectivity index is 1.81. The van der Waals surface area contributed by atoms with Gasteiger partial charge in [-0.2, -0.15) is 22.0 Å². The second kappa shape index (κ2) is 14.6. The molecule has 222 valence electrons. The molecule has 41 heavy (non-hydrogen) atoms. The molecule has 0 saturated heterocycles. The summed E-state index contributed by atoms with van der Waals surface area (Å²) >= 11 is 0. The molecule has 1 N–H and O–H groups in total. The lowest BCUT2D eigenvalue weighted by atomic mass is 9.81. The topological polar surface area (TPSA) is 46.5 Å². The van der Waals surface area contributed by atoms with Crippen LogP contribution in [0.5, 0.6) is 11.5 Å². The zero-order chi connectivity index (χ0) is 30.0. The highest BCUT2D eigenvalue weighted by Crippen LogP contribution is 2.40. The standard InChI is InChI=1S/C32H35F5O3S/c1-3-5-12-29(41(39)22-9-21-31(33,34)32(35,36)37)40-27-19-15-25(16-20-27)30(24-13-17-26(38)18-14-24)28(4-2)23-10-7-6-8-11-23/h4,6-8,10-11,13-20,29-30,38H,3,5,9,12,21-22H2,1-2H3. The minimum absolute atomic E-state index is 0.159. The van der Waals surface area contributed by atoms with Gasteiger partial charge >= 0.3 is 12.1 Å². The Kier molecular flexibility index (Phi) is 11.5. The zero-order valence-corrected chi connectivity index (χ0v) is 23.9. The molecule has 0 aliphatic carbocycles. The molecule has 0 heterocycles. The van der Waals surface area contributed by atoms with Gasteiger partial charge in [-0.15, -0.1) is 0 Å². The SMILES string of the molecule is CC=C(c1ccccc1)C(c1ccc(O)cc1)c1ccc(OC(CCCC)S(=O)CCCC(F)(F)C(F)(F)F)cc1. The fourth-order valence-corrected chi connectivity index (χ4v) is 5.90. The van der Waals surface area contributed by atoms with Crippen molar-refractivity contribution in [1.82, 2.24) is 0 Å². The summed E-state index contributed by atoms with van der Waals surface area (Å²) in [5.41, 5.74) is 3.18. The first-order valence-corrected chi connectivity index (χ1v) is 14.9. The van der Waals surface area contributed by atoms with Crippen LogP contribution in [0.25, 0.3) is 5.57 Å². The van der Waals surface area contributed by atoms with E-state index in [-0.39, 0.29) is 17.4 Å². The van der Waals surface area contributed by atoms with Gasteiger partial charge in [0.1, 0.15) is 11.5 Å². The molecule has 3 rings (SSSR count). The summed E-state index contributed by atoms with van der Waals surface area (Å²) in [7, 11) is -1.76. The Bertz CT molecular complexity index is 1270. The fourth-order valence-electron chi connectivity index (χ4n) is 4.56. The van der Waals surface area contributed by atoms with Crippen molar-refractivity contribution in [3.63, 3.8) is 0 Å². The second-order valence-corrected chi connectivity index (χ2v) is 11.5. The highest BCUT2D eigenvalue weighted by molar-refractivity contribution is 7.85. The van der Waals surface area contributed by atoms with Gasteiger partial charge in [0.15, 0.2) is 5.44 Å². The number of phenolic OH excluding ortho intramolecular Hbond substituents is 1. The first kappa shape index (κ1) is 32.3. The van der Waals surface area contributed by atoms with Gasteiger partial charge in [-0.25, -0.2) is 0 Å². The van der Waals surface area contributed by atoms with E-state index in [2.05, 4.69) is 0 Å². The van der Waals surface area contributed by atoms with Crippen molar-refractivity contribution in [2.75, 3.05) is 5.75 Å². The van der Waals surface area contributed by atoms with Crippen molar-refractivity contribution in [3.05, 3.63) is 102 Å². The average Bonchev–Trinajstić information content (AvgIpc) is 2.94. The maximum atomic E-state index is 13.3. The largest absolute Gasteiger partial charge is 0.508 e. The molecule has 0 amide bonds. The van der Waals surface area contributed by atoms with Crippen LogP contribution < -0.4 is 4.74 Å². The second-order valence-electron chi connectivity index (χ2n) is 9.78. The van der Waals surface area contributed by atoms with Crippen LogP contribution in [-0.2, 0) is 10.8 Å². The third-order valence-corrected chi connectivity index (χ3v) is 8.38. The van der Waals surface area contributed by atoms with Gasteiger partial charge in [0.2, 0.25) is 0 Å². The predicted molar refractivity (Wildman–Crippen MR) is 154 cm³/mol. The average molecular weight is 595 g/mol. The molecule has 0 bridgehead atoms. The van der Waals surface area contributed by atoms with Crippen LogP contribution in [0.15, 0.2) is 84.9 Å². The van der Waals surface area contributed by atoms with Crippen LogP contribution >= 0.6 is 0 Å². The van der Waals surface area contributed by atoms with Crippen molar-refractivity contribution < 1.29 is 36.0 Å². The van der Waals surface area contributed by atoms with Crippen LogP contribution in [0.3, 0.4) is 0 Å².